The van der Waals surface area contributed by atoms with E-state index < -0.39 is 0 Å². The second-order valence-corrected chi connectivity index (χ2v) is 3.82. The van der Waals surface area contributed by atoms with Crippen molar-refractivity contribution in [3.8, 4) is 5.75 Å². The Balaban J connectivity index is 2.31. The van der Waals surface area contributed by atoms with Gasteiger partial charge in [0.05, 0.1) is 6.61 Å². The molecule has 0 atom stereocenters. The minimum absolute atomic E-state index is 0.850. The molecule has 0 spiro atoms. The van der Waals surface area contributed by atoms with Gasteiger partial charge >= 0.3 is 0 Å². The van der Waals surface area contributed by atoms with Gasteiger partial charge in [-0.2, -0.15) is 0 Å². The number of benzene rings is 1. The molecule has 0 radical (unpaired) electrons. The molecule has 1 heteroatoms. The highest BCUT2D eigenvalue weighted by Gasteiger charge is 2.25. The predicted octanol–water partition coefficient (Wildman–Crippen LogP) is 2.80. The van der Waals surface area contributed by atoms with Crippen molar-refractivity contribution < 1.29 is 4.74 Å². The standard InChI is InChI=1S/C12H12O/c1-8-7-9-3-2-4-11-12(9)10(8)5-6-13-11/h2-4H,5-7H2,1H3. The highest BCUT2D eigenvalue weighted by Crippen LogP contribution is 2.42. The van der Waals surface area contributed by atoms with Crippen molar-refractivity contribution in [1.29, 1.82) is 0 Å². The number of hydrogen-bond donors (Lipinski definition) is 0. The largest absolute Gasteiger partial charge is 0.493 e. The third kappa shape index (κ3) is 0.873. The van der Waals surface area contributed by atoms with Crippen LogP contribution in [0, 0.1) is 0 Å². The maximum atomic E-state index is 5.63. The van der Waals surface area contributed by atoms with Crippen LogP contribution in [0.3, 0.4) is 0 Å². The van der Waals surface area contributed by atoms with E-state index in [2.05, 4.69) is 25.1 Å². The molecule has 0 saturated heterocycles. The summed E-state index contributed by atoms with van der Waals surface area (Å²) in [6, 6.07) is 6.39. The van der Waals surface area contributed by atoms with Gasteiger partial charge in [-0.05, 0) is 30.5 Å². The molecule has 0 unspecified atom stereocenters. The Labute approximate surface area is 78.0 Å². The molecule has 1 heterocycles. The minimum Gasteiger partial charge on any atom is -0.493 e. The Bertz CT molecular complexity index is 402. The zero-order valence-electron chi connectivity index (χ0n) is 7.76. The first-order valence-electron chi connectivity index (χ1n) is 4.80. The van der Waals surface area contributed by atoms with E-state index in [0.29, 0.717) is 0 Å². The van der Waals surface area contributed by atoms with Gasteiger partial charge in [-0.25, -0.2) is 0 Å². The van der Waals surface area contributed by atoms with E-state index in [-0.39, 0.29) is 0 Å². The molecular formula is C12H12O. The fraction of sp³-hybridized carbons (Fsp3) is 0.333. The van der Waals surface area contributed by atoms with Crippen molar-refractivity contribution in [3.63, 3.8) is 0 Å². The van der Waals surface area contributed by atoms with Crippen molar-refractivity contribution in [2.45, 2.75) is 19.8 Å². The number of rotatable bonds is 0. The molecule has 0 amide bonds. The maximum Gasteiger partial charge on any atom is 0.127 e. The van der Waals surface area contributed by atoms with Gasteiger partial charge in [0.1, 0.15) is 5.75 Å². The average Bonchev–Trinajstić information content (AvgIpc) is 2.47. The number of hydrogen-bond acceptors (Lipinski definition) is 1. The Morgan fingerprint density at radius 1 is 1.31 bits per heavy atom. The molecule has 1 nitrogen and oxygen atoms in total. The smallest absolute Gasteiger partial charge is 0.127 e. The van der Waals surface area contributed by atoms with Gasteiger partial charge < -0.3 is 4.74 Å². The summed E-state index contributed by atoms with van der Waals surface area (Å²) in [6.07, 6.45) is 2.22. The molecule has 3 rings (SSSR count). The number of allylic oxidation sites excluding steroid dienone is 1. The molecule has 2 aliphatic rings. The van der Waals surface area contributed by atoms with E-state index in [0.717, 1.165) is 25.2 Å². The second kappa shape index (κ2) is 2.38. The molecule has 0 fully saturated rings. The molecule has 0 N–H and O–H groups in total. The van der Waals surface area contributed by atoms with Crippen LogP contribution in [0.1, 0.15) is 24.5 Å². The van der Waals surface area contributed by atoms with E-state index in [9.17, 15) is 0 Å². The average molecular weight is 172 g/mol. The molecule has 1 aromatic carbocycles. The summed E-state index contributed by atoms with van der Waals surface area (Å²) in [6.45, 7) is 3.09. The van der Waals surface area contributed by atoms with E-state index in [4.69, 9.17) is 4.74 Å². The fourth-order valence-corrected chi connectivity index (χ4v) is 2.39. The molecule has 1 aromatic rings. The van der Waals surface area contributed by atoms with Crippen LogP contribution >= 0.6 is 0 Å². The highest BCUT2D eigenvalue weighted by atomic mass is 16.5. The van der Waals surface area contributed by atoms with Crippen LogP contribution in [0.5, 0.6) is 5.75 Å². The lowest BCUT2D eigenvalue weighted by atomic mass is 10.00. The van der Waals surface area contributed by atoms with Crippen LogP contribution in [0.25, 0.3) is 5.57 Å². The Hall–Kier alpha value is -1.24. The summed E-state index contributed by atoms with van der Waals surface area (Å²) in [7, 11) is 0. The summed E-state index contributed by atoms with van der Waals surface area (Å²) in [5.74, 6) is 1.09. The van der Waals surface area contributed by atoms with Gasteiger partial charge in [-0.3, -0.25) is 0 Å². The zero-order valence-corrected chi connectivity index (χ0v) is 7.76. The van der Waals surface area contributed by atoms with E-state index in [1.807, 2.05) is 0 Å². The lowest BCUT2D eigenvalue weighted by Gasteiger charge is -2.19. The number of ether oxygens (including phenoxy) is 1. The fourth-order valence-electron chi connectivity index (χ4n) is 2.39. The molecule has 1 aliphatic carbocycles. The van der Waals surface area contributed by atoms with Gasteiger partial charge in [-0.15, -0.1) is 0 Å². The molecule has 0 aromatic heterocycles. The first-order valence-corrected chi connectivity index (χ1v) is 4.80. The van der Waals surface area contributed by atoms with Crippen LogP contribution in [-0.4, -0.2) is 6.61 Å². The van der Waals surface area contributed by atoms with Crippen molar-refractivity contribution in [2.75, 3.05) is 6.61 Å². The van der Waals surface area contributed by atoms with E-state index >= 15 is 0 Å². The normalized spacial score (nSPS) is 18.5. The van der Waals surface area contributed by atoms with Gasteiger partial charge in [0, 0.05) is 12.0 Å². The van der Waals surface area contributed by atoms with Crippen LogP contribution < -0.4 is 4.74 Å². The Kier molecular flexibility index (Phi) is 1.32. The van der Waals surface area contributed by atoms with Crippen LogP contribution in [0.4, 0.5) is 0 Å². The zero-order chi connectivity index (χ0) is 8.84. The summed E-state index contributed by atoms with van der Waals surface area (Å²) in [4.78, 5) is 0. The lowest BCUT2D eigenvalue weighted by Crippen LogP contribution is -2.07. The quantitative estimate of drug-likeness (QED) is 0.584. The summed E-state index contributed by atoms with van der Waals surface area (Å²) in [5, 5.41) is 0. The summed E-state index contributed by atoms with van der Waals surface area (Å²) < 4.78 is 5.63. The van der Waals surface area contributed by atoms with Crippen molar-refractivity contribution >= 4 is 5.57 Å². The molecule has 0 bridgehead atoms. The summed E-state index contributed by atoms with van der Waals surface area (Å²) >= 11 is 0. The van der Waals surface area contributed by atoms with Crippen molar-refractivity contribution in [3.05, 3.63) is 34.9 Å². The summed E-state index contributed by atoms with van der Waals surface area (Å²) in [5.41, 5.74) is 5.92. The van der Waals surface area contributed by atoms with Gasteiger partial charge in [-0.1, -0.05) is 17.7 Å². The van der Waals surface area contributed by atoms with Gasteiger partial charge in [0.25, 0.3) is 0 Å². The van der Waals surface area contributed by atoms with Gasteiger partial charge in [0.2, 0.25) is 0 Å². The first kappa shape index (κ1) is 7.19. The molecule has 13 heavy (non-hydrogen) atoms. The first-order chi connectivity index (χ1) is 6.36. The lowest BCUT2D eigenvalue weighted by molar-refractivity contribution is 0.316. The van der Waals surface area contributed by atoms with Crippen molar-refractivity contribution in [2.24, 2.45) is 0 Å². The molecule has 1 aliphatic heterocycles. The monoisotopic (exact) mass is 172 g/mol. The molecule has 66 valence electrons. The third-order valence-corrected chi connectivity index (χ3v) is 2.99. The van der Waals surface area contributed by atoms with Crippen molar-refractivity contribution in [1.82, 2.24) is 0 Å². The predicted molar refractivity (Wildman–Crippen MR) is 52.9 cm³/mol. The van der Waals surface area contributed by atoms with Crippen LogP contribution in [0.2, 0.25) is 0 Å². The Morgan fingerprint density at radius 3 is 3.15 bits per heavy atom. The SMILES string of the molecule is CC1=C2CCOc3cccc(c32)C1. The highest BCUT2D eigenvalue weighted by molar-refractivity contribution is 5.81. The maximum absolute atomic E-state index is 5.63. The van der Waals surface area contributed by atoms with Crippen LogP contribution in [-0.2, 0) is 6.42 Å². The topological polar surface area (TPSA) is 9.23 Å². The Morgan fingerprint density at radius 2 is 2.23 bits per heavy atom. The van der Waals surface area contributed by atoms with E-state index in [1.165, 1.54) is 22.3 Å². The third-order valence-electron chi connectivity index (χ3n) is 2.99. The minimum atomic E-state index is 0.850. The second-order valence-electron chi connectivity index (χ2n) is 3.82. The molecule has 0 saturated carbocycles. The molecular weight excluding hydrogens is 160 g/mol. The van der Waals surface area contributed by atoms with Gasteiger partial charge in [0.15, 0.2) is 0 Å². The van der Waals surface area contributed by atoms with E-state index in [1.54, 1.807) is 0 Å². The van der Waals surface area contributed by atoms with Crippen LogP contribution in [0.15, 0.2) is 23.8 Å².